The molecule has 0 unspecified atom stereocenters. The van der Waals surface area contributed by atoms with Gasteiger partial charge in [0.25, 0.3) is 5.56 Å². The minimum Gasteiger partial charge on any atom is -0.308 e. The lowest BCUT2D eigenvalue weighted by Gasteiger charge is -1.99. The van der Waals surface area contributed by atoms with Crippen molar-refractivity contribution in [1.82, 2.24) is 9.38 Å². The Kier molecular flexibility index (Phi) is 1.59. The molecule has 3 heterocycles. The SMILES string of the molecule is Cc1cc2c(=O)[nH]c3ccc(C)n3c2s1. The lowest BCUT2D eigenvalue weighted by molar-refractivity contribution is 1.12. The molecule has 0 saturated carbocycles. The molecule has 15 heavy (non-hydrogen) atoms. The maximum Gasteiger partial charge on any atom is 0.259 e. The number of nitrogens with zero attached hydrogens (tertiary/aromatic N) is 1. The second kappa shape index (κ2) is 2.73. The Labute approximate surface area is 90.0 Å². The number of H-pyrrole nitrogens is 1. The van der Waals surface area contributed by atoms with Crippen LogP contribution in [0.1, 0.15) is 10.6 Å². The second-order valence-electron chi connectivity index (χ2n) is 3.73. The highest BCUT2D eigenvalue weighted by Crippen LogP contribution is 2.24. The Morgan fingerprint density at radius 1 is 1.33 bits per heavy atom. The van der Waals surface area contributed by atoms with Crippen molar-refractivity contribution < 1.29 is 0 Å². The van der Waals surface area contributed by atoms with Crippen molar-refractivity contribution in [3.05, 3.63) is 39.1 Å². The maximum absolute atomic E-state index is 11.8. The van der Waals surface area contributed by atoms with Crippen LogP contribution in [-0.4, -0.2) is 9.38 Å². The summed E-state index contributed by atoms with van der Waals surface area (Å²) >= 11 is 1.66. The van der Waals surface area contributed by atoms with Crippen LogP contribution in [0.3, 0.4) is 0 Å². The van der Waals surface area contributed by atoms with Gasteiger partial charge < -0.3 is 4.98 Å². The fourth-order valence-corrected chi connectivity index (χ4v) is 3.00. The van der Waals surface area contributed by atoms with Crippen molar-refractivity contribution in [2.45, 2.75) is 13.8 Å². The van der Waals surface area contributed by atoms with Gasteiger partial charge in [0.2, 0.25) is 0 Å². The Bertz CT molecular complexity index is 717. The molecule has 0 aromatic carbocycles. The van der Waals surface area contributed by atoms with Gasteiger partial charge in [-0.15, -0.1) is 11.3 Å². The normalized spacial score (nSPS) is 11.6. The summed E-state index contributed by atoms with van der Waals surface area (Å²) in [6.45, 7) is 4.06. The number of thiophene rings is 1. The van der Waals surface area contributed by atoms with Crippen LogP contribution in [0.2, 0.25) is 0 Å². The first kappa shape index (κ1) is 8.73. The Morgan fingerprint density at radius 3 is 2.93 bits per heavy atom. The van der Waals surface area contributed by atoms with Gasteiger partial charge in [0.15, 0.2) is 0 Å². The zero-order valence-electron chi connectivity index (χ0n) is 8.50. The molecule has 0 atom stereocenters. The number of hydrogen-bond donors (Lipinski definition) is 1. The highest BCUT2D eigenvalue weighted by molar-refractivity contribution is 7.18. The first-order valence-corrected chi connectivity index (χ1v) is 5.59. The summed E-state index contributed by atoms with van der Waals surface area (Å²) in [6.07, 6.45) is 0. The van der Waals surface area contributed by atoms with E-state index in [2.05, 4.69) is 9.38 Å². The topological polar surface area (TPSA) is 37.3 Å². The summed E-state index contributed by atoms with van der Waals surface area (Å²) < 4.78 is 2.09. The zero-order chi connectivity index (χ0) is 10.6. The van der Waals surface area contributed by atoms with E-state index in [1.807, 2.05) is 32.0 Å². The molecule has 3 aromatic heterocycles. The van der Waals surface area contributed by atoms with Crippen molar-refractivity contribution in [2.24, 2.45) is 0 Å². The Balaban J connectivity index is 2.72. The van der Waals surface area contributed by atoms with Crippen molar-refractivity contribution in [3.63, 3.8) is 0 Å². The van der Waals surface area contributed by atoms with E-state index in [1.54, 1.807) is 11.3 Å². The van der Waals surface area contributed by atoms with Gasteiger partial charge in [-0.1, -0.05) is 0 Å². The minimum absolute atomic E-state index is 0.0000463. The van der Waals surface area contributed by atoms with Gasteiger partial charge in [0, 0.05) is 10.6 Å². The molecular weight excluding hydrogens is 208 g/mol. The van der Waals surface area contributed by atoms with E-state index >= 15 is 0 Å². The third-order valence-electron chi connectivity index (χ3n) is 2.60. The summed E-state index contributed by atoms with van der Waals surface area (Å²) in [4.78, 5) is 16.8. The molecule has 3 aromatic rings. The third kappa shape index (κ3) is 1.08. The molecule has 0 amide bonds. The Hall–Kier alpha value is -1.55. The smallest absolute Gasteiger partial charge is 0.259 e. The lowest BCUT2D eigenvalue weighted by atomic mass is 10.4. The van der Waals surface area contributed by atoms with E-state index in [-0.39, 0.29) is 5.56 Å². The quantitative estimate of drug-likeness (QED) is 0.618. The van der Waals surface area contributed by atoms with Crippen LogP contribution in [0.5, 0.6) is 0 Å². The highest BCUT2D eigenvalue weighted by atomic mass is 32.1. The average molecular weight is 218 g/mol. The number of aryl methyl sites for hydroxylation is 2. The van der Waals surface area contributed by atoms with Gasteiger partial charge in [0.05, 0.1) is 5.39 Å². The van der Waals surface area contributed by atoms with Crippen LogP contribution in [0.4, 0.5) is 0 Å². The predicted molar refractivity (Wildman–Crippen MR) is 62.9 cm³/mol. The molecule has 0 aliphatic rings. The minimum atomic E-state index is -0.0000463. The molecule has 0 bridgehead atoms. The number of fused-ring (bicyclic) bond motifs is 3. The molecule has 0 aliphatic carbocycles. The molecule has 1 N–H and O–H groups in total. The number of nitrogens with one attached hydrogen (secondary N) is 1. The number of hydrogen-bond acceptors (Lipinski definition) is 2. The molecule has 0 aliphatic heterocycles. The van der Waals surface area contributed by atoms with Crippen molar-refractivity contribution in [2.75, 3.05) is 0 Å². The van der Waals surface area contributed by atoms with Crippen LogP contribution in [0, 0.1) is 13.8 Å². The summed E-state index contributed by atoms with van der Waals surface area (Å²) in [5.74, 6) is 0. The first-order chi connectivity index (χ1) is 7.16. The van der Waals surface area contributed by atoms with Crippen LogP contribution in [-0.2, 0) is 0 Å². The fraction of sp³-hybridized carbons (Fsp3) is 0.182. The van der Waals surface area contributed by atoms with E-state index in [0.717, 1.165) is 26.4 Å². The van der Waals surface area contributed by atoms with Gasteiger partial charge in [-0.2, -0.15) is 0 Å². The molecule has 0 radical (unpaired) electrons. The molecule has 0 fully saturated rings. The highest BCUT2D eigenvalue weighted by Gasteiger charge is 2.09. The monoisotopic (exact) mass is 218 g/mol. The van der Waals surface area contributed by atoms with E-state index in [4.69, 9.17) is 0 Å². The summed E-state index contributed by atoms with van der Waals surface area (Å²) in [5, 5.41) is 0.782. The van der Waals surface area contributed by atoms with Crippen molar-refractivity contribution in [1.29, 1.82) is 0 Å². The zero-order valence-corrected chi connectivity index (χ0v) is 9.31. The summed E-state index contributed by atoms with van der Waals surface area (Å²) in [5.41, 5.74) is 2.01. The summed E-state index contributed by atoms with van der Waals surface area (Å²) in [7, 11) is 0. The number of aromatic amines is 1. The number of rotatable bonds is 0. The largest absolute Gasteiger partial charge is 0.308 e. The van der Waals surface area contributed by atoms with Gasteiger partial charge in [0.1, 0.15) is 10.5 Å². The Morgan fingerprint density at radius 2 is 2.13 bits per heavy atom. The second-order valence-corrected chi connectivity index (χ2v) is 4.96. The van der Waals surface area contributed by atoms with Crippen molar-refractivity contribution in [3.8, 4) is 0 Å². The molecule has 0 saturated heterocycles. The van der Waals surface area contributed by atoms with Crippen LogP contribution in [0.15, 0.2) is 23.0 Å². The van der Waals surface area contributed by atoms with Gasteiger partial charge >= 0.3 is 0 Å². The predicted octanol–water partition coefficient (Wildman–Crippen LogP) is 2.46. The third-order valence-corrected chi connectivity index (χ3v) is 3.64. The first-order valence-electron chi connectivity index (χ1n) is 4.77. The molecule has 3 nitrogen and oxygen atoms in total. The van der Waals surface area contributed by atoms with Crippen molar-refractivity contribution >= 4 is 27.2 Å². The van der Waals surface area contributed by atoms with E-state index in [9.17, 15) is 4.79 Å². The molecule has 4 heteroatoms. The van der Waals surface area contributed by atoms with E-state index in [1.165, 1.54) is 0 Å². The number of aromatic nitrogens is 2. The fourth-order valence-electron chi connectivity index (χ4n) is 1.92. The summed E-state index contributed by atoms with van der Waals surface area (Å²) in [6, 6.07) is 5.89. The van der Waals surface area contributed by atoms with Gasteiger partial charge in [-0.25, -0.2) is 0 Å². The molecule has 0 spiro atoms. The standard InChI is InChI=1S/C11H10N2OS/c1-6-3-4-9-12-10(14)8-5-7(2)15-11(8)13(6)9/h3-5H,1-2H3,(H,12,14). The molecule has 3 rings (SSSR count). The van der Waals surface area contributed by atoms with Crippen LogP contribution < -0.4 is 5.56 Å². The van der Waals surface area contributed by atoms with Gasteiger partial charge in [-0.05, 0) is 32.0 Å². The molecule has 76 valence electrons. The average Bonchev–Trinajstić information content (AvgIpc) is 2.70. The van der Waals surface area contributed by atoms with E-state index < -0.39 is 0 Å². The molecular formula is C11H10N2OS. The van der Waals surface area contributed by atoms with Crippen LogP contribution in [0.25, 0.3) is 15.9 Å². The maximum atomic E-state index is 11.8. The lowest BCUT2D eigenvalue weighted by Crippen LogP contribution is -2.07. The van der Waals surface area contributed by atoms with E-state index in [0.29, 0.717) is 0 Å². The van der Waals surface area contributed by atoms with Gasteiger partial charge in [-0.3, -0.25) is 9.20 Å². The van der Waals surface area contributed by atoms with Crippen LogP contribution >= 0.6 is 11.3 Å².